The van der Waals surface area contributed by atoms with Crippen LogP contribution in [0.4, 0.5) is 10.1 Å². The monoisotopic (exact) mass is 269 g/mol. The van der Waals surface area contributed by atoms with E-state index in [0.717, 1.165) is 5.69 Å². The van der Waals surface area contributed by atoms with Gasteiger partial charge in [-0.15, -0.1) is 0 Å². The van der Waals surface area contributed by atoms with Gasteiger partial charge in [0, 0.05) is 11.6 Å². The summed E-state index contributed by atoms with van der Waals surface area (Å²) in [7, 11) is 0. The normalized spacial score (nSPS) is 10.3. The number of para-hydroxylation sites is 1. The molecular formula is C13H10Cl2FN. The molecular weight excluding hydrogens is 260 g/mol. The third-order valence-corrected chi connectivity index (χ3v) is 3.05. The van der Waals surface area contributed by atoms with Crippen molar-refractivity contribution in [2.75, 3.05) is 5.32 Å². The number of rotatable bonds is 3. The molecule has 0 saturated heterocycles. The molecule has 88 valence electrons. The van der Waals surface area contributed by atoms with Crippen molar-refractivity contribution in [1.82, 2.24) is 0 Å². The molecule has 0 spiro atoms. The molecule has 0 atom stereocenters. The van der Waals surface area contributed by atoms with E-state index in [4.69, 9.17) is 23.2 Å². The van der Waals surface area contributed by atoms with E-state index in [1.165, 1.54) is 12.1 Å². The highest BCUT2D eigenvalue weighted by Crippen LogP contribution is 2.23. The highest BCUT2D eigenvalue weighted by molar-refractivity contribution is 6.33. The van der Waals surface area contributed by atoms with Gasteiger partial charge in [0.2, 0.25) is 0 Å². The fraction of sp³-hybridized carbons (Fsp3) is 0.0769. The van der Waals surface area contributed by atoms with Crippen LogP contribution < -0.4 is 5.32 Å². The van der Waals surface area contributed by atoms with Gasteiger partial charge in [0.1, 0.15) is 5.82 Å². The van der Waals surface area contributed by atoms with Crippen molar-refractivity contribution in [2.45, 2.75) is 6.54 Å². The zero-order chi connectivity index (χ0) is 12.3. The SMILES string of the molecule is Fc1ccc(Cl)c(CNc2ccccc2Cl)c1. The van der Waals surface area contributed by atoms with Crippen LogP contribution in [-0.4, -0.2) is 0 Å². The second-order valence-electron chi connectivity index (χ2n) is 3.57. The minimum atomic E-state index is -0.301. The predicted molar refractivity (Wildman–Crippen MR) is 70.2 cm³/mol. The van der Waals surface area contributed by atoms with Crippen LogP contribution in [0.5, 0.6) is 0 Å². The van der Waals surface area contributed by atoms with Crippen LogP contribution in [0, 0.1) is 5.82 Å². The summed E-state index contributed by atoms with van der Waals surface area (Å²) in [4.78, 5) is 0. The Morgan fingerprint density at radius 3 is 2.53 bits per heavy atom. The Balaban J connectivity index is 2.12. The molecule has 0 aliphatic carbocycles. The Hall–Kier alpha value is -1.25. The zero-order valence-corrected chi connectivity index (χ0v) is 10.4. The molecule has 0 saturated carbocycles. The smallest absolute Gasteiger partial charge is 0.123 e. The van der Waals surface area contributed by atoms with Crippen LogP contribution >= 0.6 is 23.2 Å². The van der Waals surface area contributed by atoms with Crippen molar-refractivity contribution in [3.8, 4) is 0 Å². The molecule has 0 fully saturated rings. The maximum atomic E-state index is 13.0. The fourth-order valence-electron chi connectivity index (χ4n) is 1.47. The number of benzene rings is 2. The first-order valence-corrected chi connectivity index (χ1v) is 5.85. The average Bonchev–Trinajstić information content (AvgIpc) is 2.32. The van der Waals surface area contributed by atoms with Gasteiger partial charge < -0.3 is 5.32 Å². The summed E-state index contributed by atoms with van der Waals surface area (Å²) in [5.41, 5.74) is 1.50. The summed E-state index contributed by atoms with van der Waals surface area (Å²) in [5, 5.41) is 4.27. The largest absolute Gasteiger partial charge is 0.380 e. The minimum absolute atomic E-state index is 0.301. The van der Waals surface area contributed by atoms with Crippen LogP contribution in [0.3, 0.4) is 0 Å². The first-order chi connectivity index (χ1) is 8.16. The Morgan fingerprint density at radius 1 is 1.00 bits per heavy atom. The van der Waals surface area contributed by atoms with E-state index in [2.05, 4.69) is 5.32 Å². The molecule has 2 rings (SSSR count). The first kappa shape index (κ1) is 12.2. The molecule has 0 unspecified atom stereocenters. The summed E-state index contributed by atoms with van der Waals surface area (Å²) in [6.07, 6.45) is 0. The van der Waals surface area contributed by atoms with Gasteiger partial charge in [0.05, 0.1) is 10.7 Å². The van der Waals surface area contributed by atoms with E-state index in [9.17, 15) is 4.39 Å². The van der Waals surface area contributed by atoms with Gasteiger partial charge in [0.25, 0.3) is 0 Å². The van der Waals surface area contributed by atoms with E-state index < -0.39 is 0 Å². The number of nitrogens with one attached hydrogen (secondary N) is 1. The molecule has 1 nitrogen and oxygen atoms in total. The summed E-state index contributed by atoms with van der Waals surface area (Å²) in [6, 6.07) is 11.7. The molecule has 0 aliphatic heterocycles. The molecule has 2 aromatic carbocycles. The van der Waals surface area contributed by atoms with Crippen LogP contribution in [0.1, 0.15) is 5.56 Å². The van der Waals surface area contributed by atoms with Crippen molar-refractivity contribution >= 4 is 28.9 Å². The highest BCUT2D eigenvalue weighted by Gasteiger charge is 2.03. The van der Waals surface area contributed by atoms with E-state index in [1.54, 1.807) is 12.1 Å². The molecule has 17 heavy (non-hydrogen) atoms. The van der Waals surface area contributed by atoms with Crippen molar-refractivity contribution < 1.29 is 4.39 Å². The van der Waals surface area contributed by atoms with Crippen LogP contribution in [-0.2, 0) is 6.54 Å². The van der Waals surface area contributed by atoms with E-state index >= 15 is 0 Å². The van der Waals surface area contributed by atoms with E-state index in [-0.39, 0.29) is 5.82 Å². The molecule has 4 heteroatoms. The molecule has 0 aliphatic rings. The van der Waals surface area contributed by atoms with Gasteiger partial charge >= 0.3 is 0 Å². The van der Waals surface area contributed by atoms with Gasteiger partial charge in [0.15, 0.2) is 0 Å². The second kappa shape index (κ2) is 5.39. The topological polar surface area (TPSA) is 12.0 Å². The maximum absolute atomic E-state index is 13.0. The van der Waals surface area contributed by atoms with Crippen molar-refractivity contribution in [3.05, 3.63) is 63.9 Å². The molecule has 0 aromatic heterocycles. The van der Waals surface area contributed by atoms with Gasteiger partial charge in [-0.2, -0.15) is 0 Å². The fourth-order valence-corrected chi connectivity index (χ4v) is 1.86. The standard InChI is InChI=1S/C13H10Cl2FN/c14-11-6-5-10(16)7-9(11)8-17-13-4-2-1-3-12(13)15/h1-7,17H,8H2. The molecule has 0 amide bonds. The van der Waals surface area contributed by atoms with Crippen LogP contribution in [0.15, 0.2) is 42.5 Å². The van der Waals surface area contributed by atoms with Crippen LogP contribution in [0.25, 0.3) is 0 Å². The lowest BCUT2D eigenvalue weighted by Crippen LogP contribution is -2.01. The first-order valence-electron chi connectivity index (χ1n) is 5.09. The summed E-state index contributed by atoms with van der Waals surface area (Å²) in [6.45, 7) is 0.431. The van der Waals surface area contributed by atoms with Crippen molar-refractivity contribution in [3.63, 3.8) is 0 Å². The molecule has 2 aromatic rings. The average molecular weight is 270 g/mol. The third-order valence-electron chi connectivity index (χ3n) is 2.35. The second-order valence-corrected chi connectivity index (χ2v) is 4.38. The summed E-state index contributed by atoms with van der Waals surface area (Å²) >= 11 is 12.0. The molecule has 0 bridgehead atoms. The van der Waals surface area contributed by atoms with Gasteiger partial charge in [-0.3, -0.25) is 0 Å². The Kier molecular flexibility index (Phi) is 3.87. The lowest BCUT2D eigenvalue weighted by Gasteiger charge is -2.09. The van der Waals surface area contributed by atoms with Crippen molar-refractivity contribution in [1.29, 1.82) is 0 Å². The Bertz CT molecular complexity index is 529. The predicted octanol–water partition coefficient (Wildman–Crippen LogP) is 4.74. The highest BCUT2D eigenvalue weighted by atomic mass is 35.5. The number of hydrogen-bond donors (Lipinski definition) is 1. The number of anilines is 1. The lowest BCUT2D eigenvalue weighted by atomic mass is 10.2. The van der Waals surface area contributed by atoms with Gasteiger partial charge in [-0.05, 0) is 35.9 Å². The quantitative estimate of drug-likeness (QED) is 0.849. The molecule has 1 N–H and O–H groups in total. The lowest BCUT2D eigenvalue weighted by molar-refractivity contribution is 0.626. The number of hydrogen-bond acceptors (Lipinski definition) is 1. The minimum Gasteiger partial charge on any atom is -0.380 e. The van der Waals surface area contributed by atoms with E-state index in [0.29, 0.717) is 22.2 Å². The Morgan fingerprint density at radius 2 is 1.76 bits per heavy atom. The van der Waals surface area contributed by atoms with Crippen molar-refractivity contribution in [2.24, 2.45) is 0 Å². The van der Waals surface area contributed by atoms with Crippen LogP contribution in [0.2, 0.25) is 10.0 Å². The zero-order valence-electron chi connectivity index (χ0n) is 8.88. The summed E-state index contributed by atoms with van der Waals surface area (Å²) in [5.74, 6) is -0.301. The van der Waals surface area contributed by atoms with E-state index in [1.807, 2.05) is 18.2 Å². The molecule has 0 heterocycles. The van der Waals surface area contributed by atoms with Gasteiger partial charge in [-0.25, -0.2) is 4.39 Å². The Labute approximate surface area is 109 Å². The third kappa shape index (κ3) is 3.11. The summed E-state index contributed by atoms with van der Waals surface area (Å²) < 4.78 is 13.0. The molecule has 0 radical (unpaired) electrons. The van der Waals surface area contributed by atoms with Gasteiger partial charge in [-0.1, -0.05) is 35.3 Å². The number of halogens is 3. The maximum Gasteiger partial charge on any atom is 0.123 e.